The molecule has 2 nitrogen and oxygen atoms in total. The van der Waals surface area contributed by atoms with Crippen LogP contribution in [0, 0.1) is 0 Å². The Balaban J connectivity index is 1.82. The molecule has 0 aromatic heterocycles. The Morgan fingerprint density at radius 2 is 2.05 bits per heavy atom. The lowest BCUT2D eigenvalue weighted by atomic mass is 9.81. The van der Waals surface area contributed by atoms with E-state index in [1.54, 1.807) is 0 Å². The van der Waals surface area contributed by atoms with Crippen LogP contribution in [0.3, 0.4) is 0 Å². The molecule has 0 heterocycles. The van der Waals surface area contributed by atoms with E-state index in [2.05, 4.69) is 43.1 Å². The van der Waals surface area contributed by atoms with Gasteiger partial charge in [-0.2, -0.15) is 0 Å². The molecule has 1 aromatic carbocycles. The zero-order chi connectivity index (χ0) is 13.5. The van der Waals surface area contributed by atoms with E-state index >= 15 is 0 Å². The van der Waals surface area contributed by atoms with E-state index < -0.39 is 0 Å². The van der Waals surface area contributed by atoms with Gasteiger partial charge in [0.2, 0.25) is 0 Å². The highest BCUT2D eigenvalue weighted by Crippen LogP contribution is 2.36. The molecule has 0 fully saturated rings. The van der Waals surface area contributed by atoms with E-state index in [1.165, 1.54) is 24.0 Å². The first-order valence-electron chi connectivity index (χ1n) is 7.33. The zero-order valence-electron chi connectivity index (χ0n) is 11.9. The number of benzene rings is 1. The second-order valence-corrected chi connectivity index (χ2v) is 5.30. The summed E-state index contributed by atoms with van der Waals surface area (Å²) in [5, 5.41) is 3.62. The molecule has 0 spiro atoms. The lowest BCUT2D eigenvalue weighted by Crippen LogP contribution is -2.29. The van der Waals surface area contributed by atoms with Crippen molar-refractivity contribution in [2.75, 3.05) is 19.8 Å². The van der Waals surface area contributed by atoms with Crippen LogP contribution in [-0.2, 0) is 4.74 Å². The SMILES string of the molecule is C=CCCOCCNC1CCC(C)c2ccccc21. The molecule has 0 saturated carbocycles. The van der Waals surface area contributed by atoms with Gasteiger partial charge in [-0.1, -0.05) is 37.3 Å². The van der Waals surface area contributed by atoms with Gasteiger partial charge in [-0.25, -0.2) is 0 Å². The quantitative estimate of drug-likeness (QED) is 0.594. The summed E-state index contributed by atoms with van der Waals surface area (Å²) in [5.74, 6) is 0.693. The minimum atomic E-state index is 0.496. The first-order valence-corrected chi connectivity index (χ1v) is 7.33. The molecular formula is C17H25NO. The van der Waals surface area contributed by atoms with Crippen molar-refractivity contribution >= 4 is 0 Å². The monoisotopic (exact) mass is 259 g/mol. The maximum Gasteiger partial charge on any atom is 0.0591 e. The van der Waals surface area contributed by atoms with E-state index in [4.69, 9.17) is 4.74 Å². The molecule has 0 aliphatic heterocycles. The molecular weight excluding hydrogens is 234 g/mol. The maximum absolute atomic E-state index is 5.54. The van der Waals surface area contributed by atoms with Gasteiger partial charge in [0.1, 0.15) is 0 Å². The van der Waals surface area contributed by atoms with Gasteiger partial charge < -0.3 is 10.1 Å². The van der Waals surface area contributed by atoms with Gasteiger partial charge in [-0.05, 0) is 36.3 Å². The molecule has 0 saturated heterocycles. The van der Waals surface area contributed by atoms with E-state index in [0.717, 1.165) is 26.2 Å². The molecule has 1 aliphatic rings. The van der Waals surface area contributed by atoms with Crippen LogP contribution in [0.25, 0.3) is 0 Å². The summed E-state index contributed by atoms with van der Waals surface area (Å²) in [6, 6.07) is 9.33. The van der Waals surface area contributed by atoms with Crippen LogP contribution >= 0.6 is 0 Å². The summed E-state index contributed by atoms with van der Waals surface area (Å²) in [6.07, 6.45) is 5.33. The lowest BCUT2D eigenvalue weighted by Gasteiger charge is -2.30. The van der Waals surface area contributed by atoms with E-state index in [9.17, 15) is 0 Å². The van der Waals surface area contributed by atoms with Crippen LogP contribution in [0.1, 0.15) is 49.3 Å². The minimum absolute atomic E-state index is 0.496. The van der Waals surface area contributed by atoms with Crippen LogP contribution in [0.2, 0.25) is 0 Å². The highest BCUT2D eigenvalue weighted by molar-refractivity contribution is 5.34. The van der Waals surface area contributed by atoms with Crippen molar-refractivity contribution in [2.24, 2.45) is 0 Å². The second-order valence-electron chi connectivity index (χ2n) is 5.30. The normalized spacial score (nSPS) is 21.9. The Bertz CT molecular complexity index is 402. The Kier molecular flexibility index (Phi) is 5.62. The van der Waals surface area contributed by atoms with Crippen LogP contribution in [0.5, 0.6) is 0 Å². The fourth-order valence-corrected chi connectivity index (χ4v) is 2.79. The summed E-state index contributed by atoms with van der Waals surface area (Å²) >= 11 is 0. The summed E-state index contributed by atoms with van der Waals surface area (Å²) in [4.78, 5) is 0. The first-order chi connectivity index (χ1) is 9.33. The molecule has 1 aliphatic carbocycles. The van der Waals surface area contributed by atoms with Crippen molar-refractivity contribution in [2.45, 2.75) is 38.1 Å². The van der Waals surface area contributed by atoms with Crippen molar-refractivity contribution < 1.29 is 4.74 Å². The molecule has 104 valence electrons. The van der Waals surface area contributed by atoms with E-state index in [0.29, 0.717) is 12.0 Å². The fraction of sp³-hybridized carbons (Fsp3) is 0.529. The Hall–Kier alpha value is -1.12. The smallest absolute Gasteiger partial charge is 0.0591 e. The lowest BCUT2D eigenvalue weighted by molar-refractivity contribution is 0.137. The predicted molar refractivity (Wildman–Crippen MR) is 80.5 cm³/mol. The topological polar surface area (TPSA) is 21.3 Å². The largest absolute Gasteiger partial charge is 0.380 e. The van der Waals surface area contributed by atoms with Crippen molar-refractivity contribution in [3.05, 3.63) is 48.0 Å². The number of rotatable bonds is 7. The highest BCUT2D eigenvalue weighted by Gasteiger charge is 2.23. The average Bonchev–Trinajstić information content (AvgIpc) is 2.45. The van der Waals surface area contributed by atoms with Crippen LogP contribution in [0.15, 0.2) is 36.9 Å². The predicted octanol–water partition coefficient (Wildman–Crippen LogP) is 3.81. The van der Waals surface area contributed by atoms with Crippen molar-refractivity contribution in [1.29, 1.82) is 0 Å². The van der Waals surface area contributed by atoms with Gasteiger partial charge in [-0.15, -0.1) is 6.58 Å². The molecule has 2 unspecified atom stereocenters. The van der Waals surface area contributed by atoms with Gasteiger partial charge in [0.05, 0.1) is 13.2 Å². The molecule has 19 heavy (non-hydrogen) atoms. The molecule has 2 rings (SSSR count). The third kappa shape index (κ3) is 3.92. The molecule has 0 bridgehead atoms. The standard InChI is InChI=1S/C17H25NO/c1-3-4-12-19-13-11-18-17-10-9-14(2)15-7-5-6-8-16(15)17/h3,5-8,14,17-18H,1,4,9-13H2,2H3. The zero-order valence-corrected chi connectivity index (χ0v) is 11.9. The average molecular weight is 259 g/mol. The third-order valence-corrected chi connectivity index (χ3v) is 3.89. The molecule has 0 radical (unpaired) electrons. The van der Waals surface area contributed by atoms with Gasteiger partial charge >= 0.3 is 0 Å². The number of ether oxygens (including phenoxy) is 1. The second kappa shape index (κ2) is 7.46. The highest BCUT2D eigenvalue weighted by atomic mass is 16.5. The summed E-state index contributed by atoms with van der Waals surface area (Å²) < 4.78 is 5.54. The van der Waals surface area contributed by atoms with Gasteiger partial charge in [-0.3, -0.25) is 0 Å². The minimum Gasteiger partial charge on any atom is -0.380 e. The number of hydrogen-bond acceptors (Lipinski definition) is 2. The number of nitrogens with one attached hydrogen (secondary N) is 1. The number of hydrogen-bond donors (Lipinski definition) is 1. The van der Waals surface area contributed by atoms with Crippen molar-refractivity contribution in [1.82, 2.24) is 5.32 Å². The van der Waals surface area contributed by atoms with E-state index in [-0.39, 0.29) is 0 Å². The Morgan fingerprint density at radius 3 is 2.84 bits per heavy atom. The van der Waals surface area contributed by atoms with Crippen molar-refractivity contribution in [3.63, 3.8) is 0 Å². The Labute approximate surface area is 116 Å². The number of fused-ring (bicyclic) bond motifs is 1. The third-order valence-electron chi connectivity index (χ3n) is 3.89. The van der Waals surface area contributed by atoms with Crippen molar-refractivity contribution in [3.8, 4) is 0 Å². The van der Waals surface area contributed by atoms with E-state index in [1.807, 2.05) is 6.08 Å². The molecule has 2 atom stereocenters. The molecule has 0 amide bonds. The van der Waals surface area contributed by atoms with Gasteiger partial charge in [0.25, 0.3) is 0 Å². The summed E-state index contributed by atoms with van der Waals surface area (Å²) in [7, 11) is 0. The molecule has 1 aromatic rings. The summed E-state index contributed by atoms with van der Waals surface area (Å²) in [6.45, 7) is 8.50. The summed E-state index contributed by atoms with van der Waals surface area (Å²) in [5.41, 5.74) is 2.99. The van der Waals surface area contributed by atoms with Gasteiger partial charge in [0, 0.05) is 12.6 Å². The van der Waals surface area contributed by atoms with Crippen LogP contribution < -0.4 is 5.32 Å². The maximum atomic E-state index is 5.54. The van der Waals surface area contributed by atoms with Crippen LogP contribution in [-0.4, -0.2) is 19.8 Å². The van der Waals surface area contributed by atoms with Crippen LogP contribution in [0.4, 0.5) is 0 Å². The molecule has 1 N–H and O–H groups in total. The molecule has 2 heteroatoms. The first kappa shape index (κ1) is 14.3. The van der Waals surface area contributed by atoms with Gasteiger partial charge in [0.15, 0.2) is 0 Å². The Morgan fingerprint density at radius 1 is 1.26 bits per heavy atom. The fourth-order valence-electron chi connectivity index (χ4n) is 2.79.